The van der Waals surface area contributed by atoms with Gasteiger partial charge in [-0.15, -0.1) is 0 Å². The Hall–Kier alpha value is -2.36. The van der Waals surface area contributed by atoms with E-state index in [1.54, 1.807) is 6.20 Å². The lowest BCUT2D eigenvalue weighted by atomic mass is 9.95. The third-order valence-corrected chi connectivity index (χ3v) is 4.26. The molecule has 4 heteroatoms. The van der Waals surface area contributed by atoms with Crippen LogP contribution in [0.4, 0.5) is 11.5 Å². The smallest absolute Gasteiger partial charge is 0.253 e. The fraction of sp³-hybridized carbons (Fsp3) is 0.368. The number of benzene rings is 1. The van der Waals surface area contributed by atoms with E-state index in [4.69, 9.17) is 0 Å². The van der Waals surface area contributed by atoms with Crippen LogP contribution in [0.1, 0.15) is 48.0 Å². The van der Waals surface area contributed by atoms with Crippen molar-refractivity contribution in [1.29, 1.82) is 0 Å². The van der Waals surface area contributed by atoms with Crippen LogP contribution in [0, 0.1) is 6.92 Å². The van der Waals surface area contributed by atoms with Gasteiger partial charge >= 0.3 is 0 Å². The zero-order valence-electron chi connectivity index (χ0n) is 13.5. The van der Waals surface area contributed by atoms with E-state index in [2.05, 4.69) is 34.7 Å². The van der Waals surface area contributed by atoms with E-state index in [1.807, 2.05) is 24.3 Å². The first-order valence-electron chi connectivity index (χ1n) is 8.31. The Morgan fingerprint density at radius 2 is 1.96 bits per heavy atom. The van der Waals surface area contributed by atoms with Crippen LogP contribution in [0.3, 0.4) is 0 Å². The molecule has 2 aromatic rings. The molecule has 1 fully saturated rings. The Bertz CT molecular complexity index is 661. The van der Waals surface area contributed by atoms with Crippen LogP contribution in [0.25, 0.3) is 0 Å². The molecule has 0 spiro atoms. The second-order valence-corrected chi connectivity index (χ2v) is 6.23. The summed E-state index contributed by atoms with van der Waals surface area (Å²) in [5.41, 5.74) is 2.81. The molecule has 1 aliphatic rings. The van der Waals surface area contributed by atoms with Gasteiger partial charge in [0.2, 0.25) is 0 Å². The van der Waals surface area contributed by atoms with Crippen LogP contribution in [-0.4, -0.2) is 16.9 Å². The molecule has 120 valence electrons. The topological polar surface area (TPSA) is 54.0 Å². The van der Waals surface area contributed by atoms with Crippen LogP contribution >= 0.6 is 0 Å². The summed E-state index contributed by atoms with van der Waals surface area (Å²) in [6, 6.07) is 12.1. The normalized spacial score (nSPS) is 15.2. The molecule has 0 saturated heterocycles. The Balaban J connectivity index is 1.61. The molecule has 0 atom stereocenters. The lowest BCUT2D eigenvalue weighted by Crippen LogP contribution is -2.36. The van der Waals surface area contributed by atoms with Crippen molar-refractivity contribution >= 4 is 17.4 Å². The van der Waals surface area contributed by atoms with E-state index in [0.29, 0.717) is 11.6 Å². The highest BCUT2D eigenvalue weighted by atomic mass is 16.1. The van der Waals surface area contributed by atoms with Crippen LogP contribution in [0.5, 0.6) is 0 Å². The van der Waals surface area contributed by atoms with Crippen molar-refractivity contribution in [2.75, 3.05) is 5.32 Å². The molecule has 23 heavy (non-hydrogen) atoms. The standard InChI is InChI=1S/C19H23N3O/c1-14-6-5-9-17(12-14)21-18-11-10-15(13-20-18)19(23)22-16-7-3-2-4-8-16/h5-6,9-13,16H,2-4,7-8H2,1H3,(H,20,21)(H,22,23). The molecule has 0 radical (unpaired) electrons. The molecule has 0 unspecified atom stereocenters. The number of rotatable bonds is 4. The zero-order valence-corrected chi connectivity index (χ0v) is 13.5. The van der Waals surface area contributed by atoms with Crippen molar-refractivity contribution in [3.05, 3.63) is 53.7 Å². The monoisotopic (exact) mass is 309 g/mol. The highest BCUT2D eigenvalue weighted by Gasteiger charge is 2.16. The number of aryl methyl sites for hydroxylation is 1. The maximum absolute atomic E-state index is 12.3. The summed E-state index contributed by atoms with van der Waals surface area (Å²) in [5, 5.41) is 6.36. The van der Waals surface area contributed by atoms with Gasteiger partial charge in [0.25, 0.3) is 5.91 Å². The third kappa shape index (κ3) is 4.31. The minimum absolute atomic E-state index is 0.0218. The van der Waals surface area contributed by atoms with E-state index in [1.165, 1.54) is 24.8 Å². The van der Waals surface area contributed by atoms with Crippen molar-refractivity contribution in [3.63, 3.8) is 0 Å². The summed E-state index contributed by atoms with van der Waals surface area (Å²) in [6.45, 7) is 2.05. The van der Waals surface area contributed by atoms with Gasteiger partial charge in [-0.1, -0.05) is 31.4 Å². The largest absolute Gasteiger partial charge is 0.349 e. The molecule has 1 saturated carbocycles. The molecule has 3 rings (SSSR count). The number of aromatic nitrogens is 1. The summed E-state index contributed by atoms with van der Waals surface area (Å²) in [4.78, 5) is 16.6. The van der Waals surface area contributed by atoms with E-state index >= 15 is 0 Å². The van der Waals surface area contributed by atoms with Gasteiger partial charge in [-0.3, -0.25) is 4.79 Å². The molecular weight excluding hydrogens is 286 g/mol. The number of nitrogens with zero attached hydrogens (tertiary/aromatic N) is 1. The number of anilines is 2. The minimum Gasteiger partial charge on any atom is -0.349 e. The molecule has 1 heterocycles. The maximum Gasteiger partial charge on any atom is 0.253 e. The molecular formula is C19H23N3O. The molecule has 2 N–H and O–H groups in total. The van der Waals surface area contributed by atoms with Crippen molar-refractivity contribution in [1.82, 2.24) is 10.3 Å². The predicted molar refractivity (Wildman–Crippen MR) is 93.0 cm³/mol. The van der Waals surface area contributed by atoms with Crippen molar-refractivity contribution in [3.8, 4) is 0 Å². The average molecular weight is 309 g/mol. The fourth-order valence-corrected chi connectivity index (χ4v) is 2.99. The number of pyridine rings is 1. The predicted octanol–water partition coefficient (Wildman–Crippen LogP) is 4.20. The number of nitrogens with one attached hydrogen (secondary N) is 2. The van der Waals surface area contributed by atoms with Crippen LogP contribution in [0.15, 0.2) is 42.6 Å². The molecule has 0 bridgehead atoms. The lowest BCUT2D eigenvalue weighted by Gasteiger charge is -2.22. The quantitative estimate of drug-likeness (QED) is 0.890. The molecule has 1 amide bonds. The summed E-state index contributed by atoms with van der Waals surface area (Å²) >= 11 is 0. The summed E-state index contributed by atoms with van der Waals surface area (Å²) < 4.78 is 0. The van der Waals surface area contributed by atoms with Gasteiger partial charge in [-0.2, -0.15) is 0 Å². The van der Waals surface area contributed by atoms with Gasteiger partial charge in [-0.25, -0.2) is 4.98 Å². The van der Waals surface area contributed by atoms with Crippen LogP contribution in [-0.2, 0) is 0 Å². The van der Waals surface area contributed by atoms with Gasteiger partial charge in [0.05, 0.1) is 5.56 Å². The van der Waals surface area contributed by atoms with E-state index in [9.17, 15) is 4.79 Å². The summed E-state index contributed by atoms with van der Waals surface area (Å²) in [6.07, 6.45) is 7.52. The van der Waals surface area contributed by atoms with Gasteiger partial charge in [-0.05, 0) is 49.6 Å². The van der Waals surface area contributed by atoms with Crippen LogP contribution < -0.4 is 10.6 Å². The summed E-state index contributed by atoms with van der Waals surface area (Å²) in [5.74, 6) is 0.719. The maximum atomic E-state index is 12.3. The number of hydrogen-bond donors (Lipinski definition) is 2. The van der Waals surface area contributed by atoms with Crippen molar-refractivity contribution in [2.45, 2.75) is 45.1 Å². The second kappa shape index (κ2) is 7.27. The first kappa shape index (κ1) is 15.5. The highest BCUT2D eigenvalue weighted by molar-refractivity contribution is 5.94. The lowest BCUT2D eigenvalue weighted by molar-refractivity contribution is 0.0927. The Labute approximate surface area is 137 Å². The van der Waals surface area contributed by atoms with Gasteiger partial charge in [0, 0.05) is 17.9 Å². The number of carbonyl (C=O) groups is 1. The Kier molecular flexibility index (Phi) is 4.91. The first-order chi connectivity index (χ1) is 11.2. The van der Waals surface area contributed by atoms with Crippen molar-refractivity contribution < 1.29 is 4.79 Å². The van der Waals surface area contributed by atoms with Crippen LogP contribution in [0.2, 0.25) is 0 Å². The molecule has 4 nitrogen and oxygen atoms in total. The number of amides is 1. The molecule has 1 aromatic heterocycles. The Morgan fingerprint density at radius 3 is 2.65 bits per heavy atom. The SMILES string of the molecule is Cc1cccc(Nc2ccc(C(=O)NC3CCCCC3)cn2)c1. The number of hydrogen-bond acceptors (Lipinski definition) is 3. The summed E-state index contributed by atoms with van der Waals surface area (Å²) in [7, 11) is 0. The molecule has 1 aliphatic carbocycles. The van der Waals surface area contributed by atoms with Crippen molar-refractivity contribution in [2.24, 2.45) is 0 Å². The zero-order chi connectivity index (χ0) is 16.1. The van der Waals surface area contributed by atoms with E-state index < -0.39 is 0 Å². The van der Waals surface area contributed by atoms with Gasteiger partial charge in [0.15, 0.2) is 0 Å². The van der Waals surface area contributed by atoms with E-state index in [0.717, 1.165) is 24.3 Å². The fourth-order valence-electron chi connectivity index (χ4n) is 2.99. The van der Waals surface area contributed by atoms with E-state index in [-0.39, 0.29) is 5.91 Å². The van der Waals surface area contributed by atoms with Gasteiger partial charge < -0.3 is 10.6 Å². The van der Waals surface area contributed by atoms with Gasteiger partial charge in [0.1, 0.15) is 5.82 Å². The third-order valence-electron chi connectivity index (χ3n) is 4.26. The number of carbonyl (C=O) groups excluding carboxylic acids is 1. The minimum atomic E-state index is -0.0218. The molecule has 0 aliphatic heterocycles. The first-order valence-corrected chi connectivity index (χ1v) is 8.31. The average Bonchev–Trinajstić information content (AvgIpc) is 2.56. The second-order valence-electron chi connectivity index (χ2n) is 6.23. The highest BCUT2D eigenvalue weighted by Crippen LogP contribution is 2.19. The Morgan fingerprint density at radius 1 is 1.13 bits per heavy atom. The molecule has 1 aromatic carbocycles.